The van der Waals surface area contributed by atoms with Gasteiger partial charge in [-0.25, -0.2) is 4.39 Å². The van der Waals surface area contributed by atoms with E-state index in [1.54, 1.807) is 12.1 Å². The topological polar surface area (TPSA) is 55.5 Å². The SMILES string of the molecule is COCC(O)(CCCN)Cc1cccc(F)c1Cl. The normalized spacial score (nSPS) is 14.5. The first-order valence-corrected chi connectivity index (χ1v) is 6.24. The van der Waals surface area contributed by atoms with Crippen molar-refractivity contribution >= 4 is 11.6 Å². The van der Waals surface area contributed by atoms with E-state index in [0.717, 1.165) is 0 Å². The lowest BCUT2D eigenvalue weighted by atomic mass is 9.90. The van der Waals surface area contributed by atoms with Crippen molar-refractivity contribution in [1.82, 2.24) is 0 Å². The molecule has 0 saturated carbocycles. The van der Waals surface area contributed by atoms with Crippen molar-refractivity contribution in [2.75, 3.05) is 20.3 Å². The third-order valence-electron chi connectivity index (χ3n) is 2.81. The van der Waals surface area contributed by atoms with Crippen LogP contribution < -0.4 is 5.73 Å². The Kier molecular flexibility index (Phi) is 6.02. The minimum Gasteiger partial charge on any atom is -0.387 e. The Balaban J connectivity index is 2.85. The van der Waals surface area contributed by atoms with Gasteiger partial charge in [0.05, 0.1) is 17.2 Å². The Morgan fingerprint density at radius 1 is 1.50 bits per heavy atom. The average molecular weight is 276 g/mol. The molecular weight excluding hydrogens is 257 g/mol. The lowest BCUT2D eigenvalue weighted by molar-refractivity contribution is -0.0375. The predicted octanol–water partition coefficient (Wildman–Crippen LogP) is 2.14. The van der Waals surface area contributed by atoms with Crippen molar-refractivity contribution < 1.29 is 14.2 Å². The number of halogens is 2. The van der Waals surface area contributed by atoms with Gasteiger partial charge in [0.1, 0.15) is 5.82 Å². The first-order chi connectivity index (χ1) is 8.52. The summed E-state index contributed by atoms with van der Waals surface area (Å²) >= 11 is 5.88. The molecule has 0 aliphatic rings. The molecule has 18 heavy (non-hydrogen) atoms. The number of benzene rings is 1. The largest absolute Gasteiger partial charge is 0.387 e. The molecule has 1 aromatic carbocycles. The summed E-state index contributed by atoms with van der Waals surface area (Å²) in [5.41, 5.74) is 4.95. The van der Waals surface area contributed by atoms with Gasteiger partial charge in [-0.05, 0) is 31.0 Å². The van der Waals surface area contributed by atoms with E-state index in [-0.39, 0.29) is 18.1 Å². The van der Waals surface area contributed by atoms with E-state index in [0.29, 0.717) is 24.9 Å². The van der Waals surface area contributed by atoms with Crippen LogP contribution in [0.3, 0.4) is 0 Å². The summed E-state index contributed by atoms with van der Waals surface area (Å²) in [6.45, 7) is 0.656. The van der Waals surface area contributed by atoms with Crippen LogP contribution in [0.15, 0.2) is 18.2 Å². The van der Waals surface area contributed by atoms with E-state index in [9.17, 15) is 9.50 Å². The smallest absolute Gasteiger partial charge is 0.142 e. The van der Waals surface area contributed by atoms with Crippen molar-refractivity contribution in [3.05, 3.63) is 34.6 Å². The predicted molar refractivity (Wildman–Crippen MR) is 70.2 cm³/mol. The summed E-state index contributed by atoms with van der Waals surface area (Å²) in [5.74, 6) is -0.479. The third kappa shape index (κ3) is 4.21. The lowest BCUT2D eigenvalue weighted by Gasteiger charge is -2.27. The second-order valence-electron chi connectivity index (χ2n) is 4.44. The maximum Gasteiger partial charge on any atom is 0.142 e. The minimum absolute atomic E-state index is 0.0553. The van der Waals surface area contributed by atoms with Crippen molar-refractivity contribution in [2.45, 2.75) is 24.9 Å². The molecule has 0 amide bonds. The van der Waals surface area contributed by atoms with E-state index in [4.69, 9.17) is 22.1 Å². The molecule has 0 spiro atoms. The van der Waals surface area contributed by atoms with Crippen LogP contribution in [0.25, 0.3) is 0 Å². The van der Waals surface area contributed by atoms with Gasteiger partial charge >= 0.3 is 0 Å². The zero-order valence-electron chi connectivity index (χ0n) is 10.5. The van der Waals surface area contributed by atoms with E-state index in [1.807, 2.05) is 0 Å². The van der Waals surface area contributed by atoms with E-state index < -0.39 is 11.4 Å². The summed E-state index contributed by atoms with van der Waals surface area (Å²) in [6.07, 6.45) is 1.41. The van der Waals surface area contributed by atoms with E-state index in [1.165, 1.54) is 13.2 Å². The van der Waals surface area contributed by atoms with E-state index in [2.05, 4.69) is 0 Å². The summed E-state index contributed by atoms with van der Waals surface area (Å²) in [5, 5.41) is 10.5. The Labute approximate surface area is 112 Å². The van der Waals surface area contributed by atoms with Crippen LogP contribution in [0.5, 0.6) is 0 Å². The van der Waals surface area contributed by atoms with Crippen molar-refractivity contribution in [3.63, 3.8) is 0 Å². The van der Waals surface area contributed by atoms with Crippen LogP contribution in [0.4, 0.5) is 4.39 Å². The quantitative estimate of drug-likeness (QED) is 0.802. The number of rotatable bonds is 7. The van der Waals surface area contributed by atoms with Gasteiger partial charge in [-0.15, -0.1) is 0 Å². The molecule has 102 valence electrons. The Morgan fingerprint density at radius 2 is 2.22 bits per heavy atom. The maximum atomic E-state index is 13.3. The highest BCUT2D eigenvalue weighted by Gasteiger charge is 2.28. The highest BCUT2D eigenvalue weighted by atomic mass is 35.5. The second kappa shape index (κ2) is 7.04. The van der Waals surface area contributed by atoms with Crippen LogP contribution in [-0.2, 0) is 11.2 Å². The summed E-state index contributed by atoms with van der Waals surface area (Å²) in [6, 6.07) is 4.57. The number of nitrogens with two attached hydrogens (primary N) is 1. The van der Waals surface area contributed by atoms with Gasteiger partial charge in [0.15, 0.2) is 0 Å². The van der Waals surface area contributed by atoms with Crippen LogP contribution in [-0.4, -0.2) is 31.0 Å². The average Bonchev–Trinajstić information content (AvgIpc) is 2.33. The number of hydrogen-bond acceptors (Lipinski definition) is 3. The zero-order chi connectivity index (χ0) is 13.6. The zero-order valence-corrected chi connectivity index (χ0v) is 11.2. The fraction of sp³-hybridized carbons (Fsp3) is 0.538. The molecule has 0 aliphatic carbocycles. The number of methoxy groups -OCH3 is 1. The third-order valence-corrected chi connectivity index (χ3v) is 3.23. The molecule has 1 rings (SSSR count). The number of ether oxygens (including phenoxy) is 1. The molecular formula is C13H19ClFNO2. The lowest BCUT2D eigenvalue weighted by Crippen LogP contribution is -2.37. The molecule has 0 saturated heterocycles. The van der Waals surface area contributed by atoms with Gasteiger partial charge in [-0.3, -0.25) is 0 Å². The van der Waals surface area contributed by atoms with E-state index >= 15 is 0 Å². The molecule has 1 atom stereocenters. The monoisotopic (exact) mass is 275 g/mol. The molecule has 0 aliphatic heterocycles. The Hall–Kier alpha value is -0.680. The van der Waals surface area contributed by atoms with Crippen molar-refractivity contribution in [1.29, 1.82) is 0 Å². The van der Waals surface area contributed by atoms with Gasteiger partial charge in [0, 0.05) is 13.5 Å². The molecule has 0 fully saturated rings. The fourth-order valence-electron chi connectivity index (χ4n) is 1.95. The molecule has 0 radical (unpaired) electrons. The first-order valence-electron chi connectivity index (χ1n) is 5.86. The molecule has 0 aromatic heterocycles. The van der Waals surface area contributed by atoms with Gasteiger partial charge in [-0.2, -0.15) is 0 Å². The Bertz CT molecular complexity index is 389. The molecule has 0 bridgehead atoms. The number of aliphatic hydroxyl groups is 1. The first kappa shape index (κ1) is 15.4. The van der Waals surface area contributed by atoms with Crippen LogP contribution in [0.1, 0.15) is 18.4 Å². The minimum atomic E-state index is -1.06. The van der Waals surface area contributed by atoms with Gasteiger partial charge in [-0.1, -0.05) is 23.7 Å². The fourth-order valence-corrected chi connectivity index (χ4v) is 2.14. The second-order valence-corrected chi connectivity index (χ2v) is 4.82. The maximum absolute atomic E-state index is 13.3. The van der Waals surface area contributed by atoms with Crippen LogP contribution in [0, 0.1) is 5.82 Å². The summed E-state index contributed by atoms with van der Waals surface area (Å²) in [7, 11) is 1.51. The Morgan fingerprint density at radius 3 is 2.83 bits per heavy atom. The molecule has 3 N–H and O–H groups in total. The van der Waals surface area contributed by atoms with Crippen LogP contribution in [0.2, 0.25) is 5.02 Å². The van der Waals surface area contributed by atoms with Gasteiger partial charge < -0.3 is 15.6 Å². The van der Waals surface area contributed by atoms with Crippen LogP contribution >= 0.6 is 11.6 Å². The van der Waals surface area contributed by atoms with Crippen molar-refractivity contribution in [2.24, 2.45) is 5.73 Å². The molecule has 5 heteroatoms. The summed E-state index contributed by atoms with van der Waals surface area (Å²) in [4.78, 5) is 0. The molecule has 3 nitrogen and oxygen atoms in total. The van der Waals surface area contributed by atoms with Crippen molar-refractivity contribution in [3.8, 4) is 0 Å². The molecule has 1 unspecified atom stereocenters. The number of hydrogen-bond donors (Lipinski definition) is 2. The molecule has 1 aromatic rings. The summed E-state index contributed by atoms with van der Waals surface area (Å²) < 4.78 is 18.3. The standard InChI is InChI=1S/C13H19ClFNO2/c1-18-9-13(17,6-3-7-16)8-10-4-2-5-11(15)12(10)14/h2,4-5,17H,3,6-9,16H2,1H3. The van der Waals surface area contributed by atoms with Gasteiger partial charge in [0.2, 0.25) is 0 Å². The van der Waals surface area contributed by atoms with Gasteiger partial charge in [0.25, 0.3) is 0 Å². The molecule has 0 heterocycles. The highest BCUT2D eigenvalue weighted by molar-refractivity contribution is 6.31. The highest BCUT2D eigenvalue weighted by Crippen LogP contribution is 2.26.